The molecule has 1 rings (SSSR count). The van der Waals surface area contributed by atoms with E-state index in [9.17, 15) is 5.11 Å². The Morgan fingerprint density at radius 1 is 1.38 bits per heavy atom. The Labute approximate surface area is 106 Å². The molecule has 0 radical (unpaired) electrons. The number of unbranched alkanes of at least 4 members (excludes halogenated alkanes) is 2. The van der Waals surface area contributed by atoms with Crippen LogP contribution in [0.3, 0.4) is 0 Å². The SMILES string of the molecule is CCCCCOc1ccc(Br)cc1C(C)O. The average molecular weight is 287 g/mol. The molecule has 0 saturated carbocycles. The van der Waals surface area contributed by atoms with Crippen LogP contribution in [0.4, 0.5) is 0 Å². The fourth-order valence-electron chi connectivity index (χ4n) is 1.51. The van der Waals surface area contributed by atoms with E-state index in [4.69, 9.17) is 4.74 Å². The van der Waals surface area contributed by atoms with Gasteiger partial charge in [-0.3, -0.25) is 0 Å². The lowest BCUT2D eigenvalue weighted by molar-refractivity contribution is 0.190. The Morgan fingerprint density at radius 3 is 2.75 bits per heavy atom. The molecule has 1 aromatic carbocycles. The molecule has 16 heavy (non-hydrogen) atoms. The molecule has 0 aliphatic carbocycles. The van der Waals surface area contributed by atoms with Crippen molar-refractivity contribution in [1.29, 1.82) is 0 Å². The maximum atomic E-state index is 9.63. The number of aliphatic hydroxyl groups excluding tert-OH is 1. The molecular weight excluding hydrogens is 268 g/mol. The van der Waals surface area contributed by atoms with Crippen LogP contribution in [0.25, 0.3) is 0 Å². The van der Waals surface area contributed by atoms with E-state index in [2.05, 4.69) is 22.9 Å². The lowest BCUT2D eigenvalue weighted by Gasteiger charge is -2.13. The predicted octanol–water partition coefficient (Wildman–Crippen LogP) is 4.07. The van der Waals surface area contributed by atoms with Gasteiger partial charge in [0.05, 0.1) is 12.7 Å². The molecule has 0 spiro atoms. The second kappa shape index (κ2) is 6.92. The first-order chi connectivity index (χ1) is 7.65. The van der Waals surface area contributed by atoms with Gasteiger partial charge in [-0.25, -0.2) is 0 Å². The van der Waals surface area contributed by atoms with Crippen molar-refractivity contribution in [3.63, 3.8) is 0 Å². The van der Waals surface area contributed by atoms with E-state index in [-0.39, 0.29) is 0 Å². The van der Waals surface area contributed by atoms with Crippen molar-refractivity contribution in [1.82, 2.24) is 0 Å². The molecule has 0 aliphatic heterocycles. The summed E-state index contributed by atoms with van der Waals surface area (Å²) in [6, 6.07) is 5.74. The highest BCUT2D eigenvalue weighted by Gasteiger charge is 2.09. The van der Waals surface area contributed by atoms with E-state index in [1.54, 1.807) is 6.92 Å². The van der Waals surface area contributed by atoms with Crippen molar-refractivity contribution in [2.24, 2.45) is 0 Å². The molecule has 0 heterocycles. The molecular formula is C13H19BrO2. The molecule has 0 saturated heterocycles. The van der Waals surface area contributed by atoms with Crippen molar-refractivity contribution in [3.05, 3.63) is 28.2 Å². The number of halogens is 1. The summed E-state index contributed by atoms with van der Waals surface area (Å²) in [5, 5.41) is 9.63. The van der Waals surface area contributed by atoms with E-state index in [1.165, 1.54) is 12.8 Å². The largest absolute Gasteiger partial charge is 0.493 e. The van der Waals surface area contributed by atoms with E-state index in [1.807, 2.05) is 18.2 Å². The van der Waals surface area contributed by atoms with Crippen molar-refractivity contribution in [2.75, 3.05) is 6.61 Å². The van der Waals surface area contributed by atoms with Gasteiger partial charge >= 0.3 is 0 Å². The van der Waals surface area contributed by atoms with Crippen LogP contribution in [-0.2, 0) is 0 Å². The second-order valence-corrected chi connectivity index (χ2v) is 4.83. The fourth-order valence-corrected chi connectivity index (χ4v) is 1.89. The number of benzene rings is 1. The molecule has 3 heteroatoms. The average Bonchev–Trinajstić information content (AvgIpc) is 2.26. The standard InChI is InChI=1S/C13H19BrO2/c1-3-4-5-8-16-13-7-6-11(14)9-12(13)10(2)15/h6-7,9-10,15H,3-5,8H2,1-2H3. The first kappa shape index (κ1) is 13.5. The fraction of sp³-hybridized carbons (Fsp3) is 0.538. The van der Waals surface area contributed by atoms with E-state index >= 15 is 0 Å². The van der Waals surface area contributed by atoms with E-state index < -0.39 is 6.10 Å². The molecule has 0 amide bonds. The van der Waals surface area contributed by atoms with Crippen molar-refractivity contribution >= 4 is 15.9 Å². The predicted molar refractivity (Wildman–Crippen MR) is 69.8 cm³/mol. The summed E-state index contributed by atoms with van der Waals surface area (Å²) < 4.78 is 6.64. The third-order valence-electron chi connectivity index (χ3n) is 2.43. The first-order valence-corrected chi connectivity index (χ1v) is 6.54. The third-order valence-corrected chi connectivity index (χ3v) is 2.92. The van der Waals surface area contributed by atoms with E-state index in [0.717, 1.165) is 28.8 Å². The highest BCUT2D eigenvalue weighted by molar-refractivity contribution is 9.10. The number of hydrogen-bond donors (Lipinski definition) is 1. The van der Waals surface area contributed by atoms with Crippen LogP contribution in [0.2, 0.25) is 0 Å². The zero-order valence-corrected chi connectivity index (χ0v) is 11.5. The topological polar surface area (TPSA) is 29.5 Å². The zero-order chi connectivity index (χ0) is 12.0. The highest BCUT2D eigenvalue weighted by atomic mass is 79.9. The Morgan fingerprint density at radius 2 is 2.12 bits per heavy atom. The first-order valence-electron chi connectivity index (χ1n) is 5.75. The monoisotopic (exact) mass is 286 g/mol. The summed E-state index contributed by atoms with van der Waals surface area (Å²) in [5.74, 6) is 0.786. The van der Waals surface area contributed by atoms with Crippen molar-refractivity contribution in [3.8, 4) is 5.75 Å². The van der Waals surface area contributed by atoms with E-state index in [0.29, 0.717) is 0 Å². The van der Waals surface area contributed by atoms with Gasteiger partial charge in [0.1, 0.15) is 5.75 Å². The molecule has 1 N–H and O–H groups in total. The summed E-state index contributed by atoms with van der Waals surface area (Å²) in [7, 11) is 0. The molecule has 2 nitrogen and oxygen atoms in total. The third kappa shape index (κ3) is 4.14. The number of hydrogen-bond acceptors (Lipinski definition) is 2. The van der Waals surface area contributed by atoms with Gasteiger partial charge in [0.2, 0.25) is 0 Å². The summed E-state index contributed by atoms with van der Waals surface area (Å²) in [5.41, 5.74) is 0.839. The molecule has 0 aromatic heterocycles. The zero-order valence-electron chi connectivity index (χ0n) is 9.87. The lowest BCUT2D eigenvalue weighted by atomic mass is 10.1. The Kier molecular flexibility index (Phi) is 5.85. The minimum atomic E-state index is -0.501. The van der Waals surface area contributed by atoms with Gasteiger partial charge in [-0.1, -0.05) is 35.7 Å². The van der Waals surface area contributed by atoms with Crippen LogP contribution in [0.15, 0.2) is 22.7 Å². The smallest absolute Gasteiger partial charge is 0.125 e. The minimum absolute atomic E-state index is 0.501. The maximum Gasteiger partial charge on any atom is 0.125 e. The highest BCUT2D eigenvalue weighted by Crippen LogP contribution is 2.28. The molecule has 90 valence electrons. The van der Waals surface area contributed by atoms with Crippen molar-refractivity contribution in [2.45, 2.75) is 39.2 Å². The number of aliphatic hydroxyl groups is 1. The summed E-state index contributed by atoms with van der Waals surface area (Å²) in [4.78, 5) is 0. The summed E-state index contributed by atoms with van der Waals surface area (Å²) in [6.45, 7) is 4.64. The Bertz CT molecular complexity index is 324. The van der Waals surface area contributed by atoms with Crippen molar-refractivity contribution < 1.29 is 9.84 Å². The normalized spacial score (nSPS) is 12.5. The number of ether oxygens (including phenoxy) is 1. The quantitative estimate of drug-likeness (QED) is 0.799. The number of rotatable bonds is 6. The van der Waals surface area contributed by atoms with Gasteiger partial charge in [0, 0.05) is 10.0 Å². The van der Waals surface area contributed by atoms with Crippen LogP contribution in [0.5, 0.6) is 5.75 Å². The van der Waals surface area contributed by atoms with Crippen LogP contribution in [0.1, 0.15) is 44.8 Å². The van der Waals surface area contributed by atoms with Gasteiger partial charge in [0.15, 0.2) is 0 Å². The van der Waals surface area contributed by atoms with Crippen LogP contribution < -0.4 is 4.74 Å². The Hall–Kier alpha value is -0.540. The van der Waals surface area contributed by atoms with Crippen LogP contribution in [0, 0.1) is 0 Å². The molecule has 1 atom stereocenters. The lowest BCUT2D eigenvalue weighted by Crippen LogP contribution is -2.02. The molecule has 0 fully saturated rings. The summed E-state index contributed by atoms with van der Waals surface area (Å²) >= 11 is 3.39. The second-order valence-electron chi connectivity index (χ2n) is 3.91. The summed E-state index contributed by atoms with van der Waals surface area (Å²) in [6.07, 6.45) is 2.93. The van der Waals surface area contributed by atoms with Gasteiger partial charge < -0.3 is 9.84 Å². The Balaban J connectivity index is 2.64. The van der Waals surface area contributed by atoms with Gasteiger partial charge in [-0.15, -0.1) is 0 Å². The van der Waals surface area contributed by atoms with Gasteiger partial charge in [-0.2, -0.15) is 0 Å². The van der Waals surface area contributed by atoms with Crippen LogP contribution >= 0.6 is 15.9 Å². The molecule has 1 aromatic rings. The maximum absolute atomic E-state index is 9.63. The molecule has 0 aliphatic rings. The minimum Gasteiger partial charge on any atom is -0.493 e. The van der Waals surface area contributed by atoms with Gasteiger partial charge in [0.25, 0.3) is 0 Å². The molecule has 1 unspecified atom stereocenters. The molecule has 0 bridgehead atoms. The van der Waals surface area contributed by atoms with Crippen LogP contribution in [-0.4, -0.2) is 11.7 Å². The van der Waals surface area contributed by atoms with Gasteiger partial charge in [-0.05, 0) is 31.5 Å².